The molecule has 30 heavy (non-hydrogen) atoms. The number of rotatable bonds is 4. The molecule has 0 atom stereocenters. The van der Waals surface area contributed by atoms with Crippen LogP contribution in [-0.2, 0) is 0 Å². The number of imidazole rings is 1. The number of pyridine rings is 1. The molecule has 0 spiro atoms. The minimum atomic E-state index is 0.550. The molecule has 0 unspecified atom stereocenters. The molecule has 0 bridgehead atoms. The molecule has 1 saturated heterocycles. The second-order valence-corrected chi connectivity index (χ2v) is 8.17. The predicted molar refractivity (Wildman–Crippen MR) is 118 cm³/mol. The third-order valence-corrected chi connectivity index (χ3v) is 6.01. The van der Waals surface area contributed by atoms with Crippen LogP contribution in [0, 0.1) is 6.92 Å². The van der Waals surface area contributed by atoms with Gasteiger partial charge in [0.15, 0.2) is 0 Å². The van der Waals surface area contributed by atoms with Crippen LogP contribution in [0.3, 0.4) is 0 Å². The van der Waals surface area contributed by atoms with Crippen molar-refractivity contribution in [2.75, 3.05) is 36.4 Å². The summed E-state index contributed by atoms with van der Waals surface area (Å²) in [4.78, 5) is 20.9. The highest BCUT2D eigenvalue weighted by atomic mass is 15.2. The Labute approximate surface area is 174 Å². The van der Waals surface area contributed by atoms with E-state index in [-0.39, 0.29) is 0 Å². The molecule has 4 heterocycles. The van der Waals surface area contributed by atoms with Gasteiger partial charge in [-0.05, 0) is 43.5 Å². The van der Waals surface area contributed by atoms with Gasteiger partial charge < -0.3 is 20.1 Å². The second kappa shape index (κ2) is 6.91. The molecular weight excluding hydrogens is 376 g/mol. The first-order valence-electron chi connectivity index (χ1n) is 10.6. The highest BCUT2D eigenvalue weighted by Gasteiger charge is 2.26. The van der Waals surface area contributed by atoms with E-state index in [1.807, 2.05) is 30.9 Å². The van der Waals surface area contributed by atoms with Gasteiger partial charge in [0, 0.05) is 43.8 Å². The lowest BCUT2D eigenvalue weighted by atomic mass is 10.2. The van der Waals surface area contributed by atoms with Crippen LogP contribution < -0.4 is 15.5 Å². The molecule has 0 amide bonds. The molecule has 0 radical (unpaired) electrons. The van der Waals surface area contributed by atoms with Crippen molar-refractivity contribution in [2.24, 2.45) is 0 Å². The molecule has 2 N–H and O–H groups in total. The van der Waals surface area contributed by atoms with Gasteiger partial charge >= 0.3 is 0 Å². The largest absolute Gasteiger partial charge is 0.368 e. The average Bonchev–Trinajstić information content (AvgIpc) is 3.52. The van der Waals surface area contributed by atoms with Gasteiger partial charge in [-0.25, -0.2) is 19.9 Å². The topological polar surface area (TPSA) is 83.8 Å². The van der Waals surface area contributed by atoms with Crippen LogP contribution in [0.5, 0.6) is 0 Å². The van der Waals surface area contributed by atoms with Crippen molar-refractivity contribution in [1.29, 1.82) is 0 Å². The predicted octanol–water partition coefficient (Wildman–Crippen LogP) is 3.17. The van der Waals surface area contributed by atoms with Crippen molar-refractivity contribution >= 4 is 39.4 Å². The Hall–Kier alpha value is -3.26. The van der Waals surface area contributed by atoms with Gasteiger partial charge in [-0.1, -0.05) is 0 Å². The normalized spacial score (nSPS) is 17.0. The lowest BCUT2D eigenvalue weighted by molar-refractivity contribution is 0.588. The van der Waals surface area contributed by atoms with Crippen molar-refractivity contribution in [3.05, 3.63) is 42.5 Å². The molecule has 8 nitrogen and oxygen atoms in total. The van der Waals surface area contributed by atoms with Gasteiger partial charge in [0.25, 0.3) is 0 Å². The maximum atomic E-state index is 4.84. The van der Waals surface area contributed by atoms with Gasteiger partial charge in [-0.2, -0.15) is 0 Å². The second-order valence-electron chi connectivity index (χ2n) is 8.17. The maximum absolute atomic E-state index is 4.84. The number of hydrogen-bond acceptors (Lipinski definition) is 7. The van der Waals surface area contributed by atoms with Crippen LogP contribution in [0.1, 0.15) is 24.4 Å². The summed E-state index contributed by atoms with van der Waals surface area (Å²) < 4.78 is 2.26. The maximum Gasteiger partial charge on any atom is 0.228 e. The molecule has 1 aliphatic heterocycles. The number of benzene rings is 1. The van der Waals surface area contributed by atoms with E-state index in [1.54, 1.807) is 0 Å². The van der Waals surface area contributed by atoms with Gasteiger partial charge in [-0.3, -0.25) is 0 Å². The van der Waals surface area contributed by atoms with Crippen molar-refractivity contribution < 1.29 is 0 Å². The fourth-order valence-electron chi connectivity index (χ4n) is 4.27. The lowest BCUT2D eigenvalue weighted by Gasteiger charge is -2.30. The van der Waals surface area contributed by atoms with Crippen LogP contribution in [0.4, 0.5) is 17.5 Å². The Bertz CT molecular complexity index is 1240. The first-order valence-corrected chi connectivity index (χ1v) is 10.6. The SMILES string of the molecule is Cc1cc(Nc2ncc3ccc4ncn(C5CC5)c4c3n2)ncc1N1CCNCC1. The van der Waals surface area contributed by atoms with E-state index in [4.69, 9.17) is 4.98 Å². The average molecular weight is 400 g/mol. The van der Waals surface area contributed by atoms with Crippen LogP contribution in [0.15, 0.2) is 36.9 Å². The van der Waals surface area contributed by atoms with Crippen molar-refractivity contribution in [2.45, 2.75) is 25.8 Å². The quantitative estimate of drug-likeness (QED) is 0.544. The number of nitrogens with one attached hydrogen (secondary N) is 2. The number of fused-ring (bicyclic) bond motifs is 3. The van der Waals surface area contributed by atoms with Gasteiger partial charge in [0.05, 0.1) is 29.2 Å². The summed E-state index contributed by atoms with van der Waals surface area (Å²) in [7, 11) is 0. The summed E-state index contributed by atoms with van der Waals surface area (Å²) in [5, 5.41) is 7.71. The number of piperazine rings is 1. The Morgan fingerprint density at radius 2 is 1.93 bits per heavy atom. The Morgan fingerprint density at radius 1 is 1.07 bits per heavy atom. The summed E-state index contributed by atoms with van der Waals surface area (Å²) >= 11 is 0. The van der Waals surface area contributed by atoms with Crippen LogP contribution >= 0.6 is 0 Å². The molecule has 2 aliphatic rings. The third kappa shape index (κ3) is 3.04. The highest BCUT2D eigenvalue weighted by molar-refractivity contribution is 6.02. The zero-order chi connectivity index (χ0) is 20.1. The minimum absolute atomic E-state index is 0.550. The molecule has 1 saturated carbocycles. The van der Waals surface area contributed by atoms with Gasteiger partial charge in [-0.15, -0.1) is 0 Å². The molecular formula is C22H24N8. The first-order chi connectivity index (χ1) is 14.8. The number of anilines is 3. The molecule has 1 aromatic carbocycles. The molecule has 4 aromatic rings. The Kier molecular flexibility index (Phi) is 4.05. The number of aryl methyl sites for hydroxylation is 1. The van der Waals surface area contributed by atoms with E-state index in [2.05, 4.69) is 48.0 Å². The summed E-state index contributed by atoms with van der Waals surface area (Å²) in [5.41, 5.74) is 5.40. The number of nitrogens with zero attached hydrogens (tertiary/aromatic N) is 6. The third-order valence-electron chi connectivity index (χ3n) is 6.01. The highest BCUT2D eigenvalue weighted by Crippen LogP contribution is 2.38. The summed E-state index contributed by atoms with van der Waals surface area (Å²) in [5.74, 6) is 1.31. The monoisotopic (exact) mass is 400 g/mol. The van der Waals surface area contributed by atoms with E-state index in [9.17, 15) is 0 Å². The van der Waals surface area contributed by atoms with Crippen LogP contribution in [0.2, 0.25) is 0 Å². The minimum Gasteiger partial charge on any atom is -0.368 e. The standard InChI is InChI=1S/C22H24N8/c1-14-10-19(24-12-18(14)29-8-6-23-7-9-29)27-22-25-11-15-2-5-17-21(20(15)28-22)30(13-26-17)16-3-4-16/h2,5,10-13,16,23H,3-4,6-9H2,1H3,(H,24,25,27,28). The fourth-order valence-corrected chi connectivity index (χ4v) is 4.27. The van der Waals surface area contributed by atoms with Crippen LogP contribution in [-0.4, -0.2) is 50.7 Å². The van der Waals surface area contributed by atoms with Gasteiger partial charge in [0.1, 0.15) is 11.3 Å². The molecule has 8 heteroatoms. The fraction of sp³-hybridized carbons (Fsp3) is 0.364. The zero-order valence-corrected chi connectivity index (χ0v) is 17.0. The Balaban J connectivity index is 1.34. The number of aromatic nitrogens is 5. The van der Waals surface area contributed by atoms with Crippen molar-refractivity contribution in [1.82, 2.24) is 29.8 Å². The summed E-state index contributed by atoms with van der Waals surface area (Å²) in [6.07, 6.45) is 8.18. The molecule has 152 valence electrons. The lowest BCUT2D eigenvalue weighted by Crippen LogP contribution is -2.43. The molecule has 2 fully saturated rings. The summed E-state index contributed by atoms with van der Waals surface area (Å²) in [6, 6.07) is 6.71. The molecule has 1 aliphatic carbocycles. The van der Waals surface area contributed by atoms with Crippen molar-refractivity contribution in [3.63, 3.8) is 0 Å². The smallest absolute Gasteiger partial charge is 0.228 e. The first kappa shape index (κ1) is 17.6. The summed E-state index contributed by atoms with van der Waals surface area (Å²) in [6.45, 7) is 6.16. The van der Waals surface area contributed by atoms with E-state index >= 15 is 0 Å². The molecule has 3 aromatic heterocycles. The molecule has 6 rings (SSSR count). The van der Waals surface area contributed by atoms with Crippen molar-refractivity contribution in [3.8, 4) is 0 Å². The van der Waals surface area contributed by atoms with Gasteiger partial charge in [0.2, 0.25) is 5.95 Å². The van der Waals surface area contributed by atoms with E-state index in [0.717, 1.165) is 53.9 Å². The zero-order valence-electron chi connectivity index (χ0n) is 17.0. The van der Waals surface area contributed by atoms with E-state index in [0.29, 0.717) is 12.0 Å². The van der Waals surface area contributed by atoms with E-state index < -0.39 is 0 Å². The Morgan fingerprint density at radius 3 is 2.73 bits per heavy atom. The van der Waals surface area contributed by atoms with E-state index in [1.165, 1.54) is 24.1 Å². The van der Waals surface area contributed by atoms with Crippen LogP contribution in [0.25, 0.3) is 21.9 Å². The number of hydrogen-bond donors (Lipinski definition) is 2.